The summed E-state index contributed by atoms with van der Waals surface area (Å²) in [6, 6.07) is 3.54. The van der Waals surface area contributed by atoms with Crippen LogP contribution in [0.4, 0.5) is 4.39 Å². The molecule has 1 saturated carbocycles. The molecule has 5 nitrogen and oxygen atoms in total. The summed E-state index contributed by atoms with van der Waals surface area (Å²) in [6.45, 7) is 0. The second-order valence-electron chi connectivity index (χ2n) is 5.99. The quantitative estimate of drug-likeness (QED) is 0.841. The van der Waals surface area contributed by atoms with Crippen LogP contribution in [0.15, 0.2) is 18.2 Å². The lowest BCUT2D eigenvalue weighted by atomic mass is 9.93. The summed E-state index contributed by atoms with van der Waals surface area (Å²) in [4.78, 5) is 14.1. The molecule has 0 aromatic heterocycles. The van der Waals surface area contributed by atoms with E-state index < -0.39 is 20.9 Å². The Labute approximate surface area is 136 Å². The fraction of sp³-hybridized carbons (Fsp3) is 0.562. The van der Waals surface area contributed by atoms with Crippen LogP contribution >= 0.6 is 0 Å². The molecule has 0 saturated heterocycles. The van der Waals surface area contributed by atoms with Crippen molar-refractivity contribution in [2.75, 3.05) is 20.4 Å². The first-order valence-corrected chi connectivity index (χ1v) is 9.50. The predicted octanol–water partition coefficient (Wildman–Crippen LogP) is 2.26. The maximum absolute atomic E-state index is 13.5. The number of hydrogen-bond donors (Lipinski definition) is 0. The number of ether oxygens (including phenoxy) is 1. The fourth-order valence-corrected chi connectivity index (χ4v) is 4.65. The monoisotopic (exact) mass is 343 g/mol. The molecule has 1 aliphatic carbocycles. The topological polar surface area (TPSA) is 63.7 Å². The molecule has 1 aliphatic rings. The first-order valence-electron chi connectivity index (χ1n) is 7.55. The zero-order valence-corrected chi connectivity index (χ0v) is 14.4. The van der Waals surface area contributed by atoms with Crippen molar-refractivity contribution in [3.05, 3.63) is 29.6 Å². The lowest BCUT2D eigenvalue weighted by Crippen LogP contribution is -2.49. The third-order valence-electron chi connectivity index (χ3n) is 4.43. The van der Waals surface area contributed by atoms with Crippen molar-refractivity contribution in [2.24, 2.45) is 0 Å². The maximum Gasteiger partial charge on any atom is 0.254 e. The van der Waals surface area contributed by atoms with Gasteiger partial charge in [0.2, 0.25) is 0 Å². The first-order chi connectivity index (χ1) is 10.8. The van der Waals surface area contributed by atoms with E-state index in [1.807, 2.05) is 0 Å². The lowest BCUT2D eigenvalue weighted by Gasteiger charge is -2.37. The van der Waals surface area contributed by atoms with E-state index in [9.17, 15) is 17.6 Å². The maximum atomic E-state index is 13.5. The summed E-state index contributed by atoms with van der Waals surface area (Å²) in [6.07, 6.45) is 4.17. The molecule has 1 fully saturated rings. The van der Waals surface area contributed by atoms with Crippen molar-refractivity contribution < 1.29 is 22.3 Å². The second-order valence-corrected chi connectivity index (χ2v) is 8.25. The van der Waals surface area contributed by atoms with Gasteiger partial charge in [0.05, 0.1) is 12.4 Å². The van der Waals surface area contributed by atoms with Crippen molar-refractivity contribution in [1.82, 2.24) is 4.90 Å². The van der Waals surface area contributed by atoms with Crippen molar-refractivity contribution >= 4 is 15.7 Å². The Kier molecular flexibility index (Phi) is 5.29. The number of amides is 1. The molecule has 128 valence electrons. The van der Waals surface area contributed by atoms with Crippen LogP contribution in [0.1, 0.15) is 36.0 Å². The zero-order chi connectivity index (χ0) is 17.2. The zero-order valence-electron chi connectivity index (χ0n) is 13.6. The highest BCUT2D eigenvalue weighted by Gasteiger charge is 2.37. The first kappa shape index (κ1) is 17.7. The highest BCUT2D eigenvalue weighted by molar-refractivity contribution is 7.91. The van der Waals surface area contributed by atoms with Crippen LogP contribution in [0.25, 0.3) is 0 Å². The number of hydrogen-bond acceptors (Lipinski definition) is 4. The third-order valence-corrected chi connectivity index (χ3v) is 6.08. The Morgan fingerprint density at radius 1 is 1.30 bits per heavy atom. The Balaban J connectivity index is 2.27. The molecule has 0 radical (unpaired) electrons. The van der Waals surface area contributed by atoms with Gasteiger partial charge in [-0.05, 0) is 31.0 Å². The molecular formula is C16H22FNO4S. The number of carbonyl (C=O) groups excluding carboxylic acids is 1. The molecule has 23 heavy (non-hydrogen) atoms. The Morgan fingerprint density at radius 2 is 1.96 bits per heavy atom. The second kappa shape index (κ2) is 6.86. The minimum Gasteiger partial charge on any atom is -0.494 e. The van der Waals surface area contributed by atoms with E-state index in [0.717, 1.165) is 12.8 Å². The summed E-state index contributed by atoms with van der Waals surface area (Å²) in [5.41, 5.74) is 0.281. The summed E-state index contributed by atoms with van der Waals surface area (Å²) in [5, 5.41) is -0.549. The molecule has 0 aliphatic heterocycles. The van der Waals surface area contributed by atoms with Crippen LogP contribution in [-0.4, -0.2) is 50.9 Å². The van der Waals surface area contributed by atoms with E-state index in [4.69, 9.17) is 4.74 Å². The van der Waals surface area contributed by atoms with Gasteiger partial charge in [-0.2, -0.15) is 0 Å². The molecular weight excluding hydrogens is 321 g/mol. The number of sulfone groups is 1. The van der Waals surface area contributed by atoms with Crippen LogP contribution in [0.2, 0.25) is 0 Å². The van der Waals surface area contributed by atoms with Gasteiger partial charge < -0.3 is 9.64 Å². The van der Waals surface area contributed by atoms with Gasteiger partial charge in [-0.15, -0.1) is 0 Å². The van der Waals surface area contributed by atoms with Gasteiger partial charge >= 0.3 is 0 Å². The summed E-state index contributed by atoms with van der Waals surface area (Å²) < 4.78 is 42.4. The Bertz CT molecular complexity index is 689. The van der Waals surface area contributed by atoms with Gasteiger partial charge in [-0.1, -0.05) is 12.8 Å². The standard InChI is InChI=1S/C16H22FNO4S/c1-18(13-6-4-5-7-15(13)23(3,20)21)16(19)11-8-9-12(17)14(10-11)22-2/h8-10,13,15H,4-7H2,1-3H3/t13-,15+/m1/s1. The van der Waals surface area contributed by atoms with Gasteiger partial charge in [-0.25, -0.2) is 12.8 Å². The molecule has 7 heteroatoms. The Hall–Kier alpha value is -1.63. The molecule has 1 aromatic carbocycles. The minimum atomic E-state index is -3.23. The van der Waals surface area contributed by atoms with E-state index in [2.05, 4.69) is 0 Å². The Morgan fingerprint density at radius 3 is 2.57 bits per heavy atom. The van der Waals surface area contributed by atoms with E-state index in [1.54, 1.807) is 7.05 Å². The van der Waals surface area contributed by atoms with E-state index in [-0.39, 0.29) is 23.3 Å². The average molecular weight is 343 g/mol. The average Bonchev–Trinajstić information content (AvgIpc) is 2.53. The number of nitrogens with zero attached hydrogens (tertiary/aromatic N) is 1. The number of rotatable bonds is 4. The number of halogens is 1. The minimum absolute atomic E-state index is 0.00689. The molecule has 0 bridgehead atoms. The molecule has 2 rings (SSSR count). The molecule has 2 atom stereocenters. The molecule has 0 unspecified atom stereocenters. The highest BCUT2D eigenvalue weighted by Crippen LogP contribution is 2.29. The van der Waals surface area contributed by atoms with Crippen LogP contribution < -0.4 is 4.74 Å². The number of carbonyl (C=O) groups is 1. The van der Waals surface area contributed by atoms with Crippen LogP contribution in [-0.2, 0) is 9.84 Å². The fourth-order valence-electron chi connectivity index (χ4n) is 3.17. The smallest absolute Gasteiger partial charge is 0.254 e. The normalized spacial score (nSPS) is 21.7. The summed E-state index contributed by atoms with van der Waals surface area (Å²) in [7, 11) is -0.300. The molecule has 0 N–H and O–H groups in total. The SMILES string of the molecule is COc1cc(C(=O)N(C)[C@@H]2CCCC[C@@H]2S(C)(=O)=O)ccc1F. The van der Waals surface area contributed by atoms with Crippen LogP contribution in [0, 0.1) is 5.82 Å². The van der Waals surface area contributed by atoms with Gasteiger partial charge in [-0.3, -0.25) is 4.79 Å². The van der Waals surface area contributed by atoms with Gasteiger partial charge in [0.25, 0.3) is 5.91 Å². The lowest BCUT2D eigenvalue weighted by molar-refractivity contribution is 0.0700. The molecule has 0 heterocycles. The molecule has 1 amide bonds. The molecule has 1 aromatic rings. The van der Waals surface area contributed by atoms with Gasteiger partial charge in [0.1, 0.15) is 0 Å². The van der Waals surface area contributed by atoms with E-state index in [0.29, 0.717) is 12.8 Å². The highest BCUT2D eigenvalue weighted by atomic mass is 32.2. The van der Waals surface area contributed by atoms with E-state index in [1.165, 1.54) is 36.5 Å². The number of methoxy groups -OCH3 is 1. The summed E-state index contributed by atoms with van der Waals surface area (Å²) in [5.74, 6) is -0.880. The van der Waals surface area contributed by atoms with Crippen molar-refractivity contribution in [2.45, 2.75) is 37.0 Å². The van der Waals surface area contributed by atoms with Crippen LogP contribution in [0.5, 0.6) is 5.75 Å². The summed E-state index contributed by atoms with van der Waals surface area (Å²) >= 11 is 0. The van der Waals surface area contributed by atoms with E-state index >= 15 is 0 Å². The third kappa shape index (κ3) is 3.83. The van der Waals surface area contributed by atoms with Crippen LogP contribution in [0.3, 0.4) is 0 Å². The number of benzene rings is 1. The van der Waals surface area contributed by atoms with Crippen molar-refractivity contribution in [1.29, 1.82) is 0 Å². The largest absolute Gasteiger partial charge is 0.494 e. The molecule has 0 spiro atoms. The van der Waals surface area contributed by atoms with Crippen molar-refractivity contribution in [3.8, 4) is 5.75 Å². The van der Waals surface area contributed by atoms with Gasteiger partial charge in [0.15, 0.2) is 21.4 Å². The van der Waals surface area contributed by atoms with Gasteiger partial charge in [0, 0.05) is 24.9 Å². The predicted molar refractivity (Wildman–Crippen MR) is 85.9 cm³/mol. The van der Waals surface area contributed by atoms with Crippen molar-refractivity contribution in [3.63, 3.8) is 0 Å².